The SMILES string of the molecule is CCCNC1CC(Oc2ccc(OC)cc2)C1(CC)CC. The van der Waals surface area contributed by atoms with Crippen LogP contribution in [0.3, 0.4) is 0 Å². The Labute approximate surface area is 129 Å². The minimum atomic E-state index is 0.273. The molecule has 0 aliphatic heterocycles. The standard InChI is InChI=1S/C18H29NO2/c1-5-12-19-16-13-17(18(16,6-2)7-3)21-15-10-8-14(20-4)9-11-15/h8-11,16-17,19H,5-7,12-13H2,1-4H3. The summed E-state index contributed by atoms with van der Waals surface area (Å²) >= 11 is 0. The third-order valence-corrected chi connectivity index (χ3v) is 5.08. The van der Waals surface area contributed by atoms with Crippen LogP contribution in [0.25, 0.3) is 0 Å². The van der Waals surface area contributed by atoms with E-state index in [0.717, 1.165) is 37.3 Å². The van der Waals surface area contributed by atoms with Crippen LogP contribution in [0.15, 0.2) is 24.3 Å². The molecule has 0 radical (unpaired) electrons. The van der Waals surface area contributed by atoms with Crippen molar-refractivity contribution in [2.75, 3.05) is 13.7 Å². The fourth-order valence-corrected chi connectivity index (χ4v) is 3.53. The van der Waals surface area contributed by atoms with E-state index in [1.54, 1.807) is 7.11 Å². The monoisotopic (exact) mass is 291 g/mol. The zero-order chi connectivity index (χ0) is 15.3. The van der Waals surface area contributed by atoms with Gasteiger partial charge in [-0.15, -0.1) is 0 Å². The first-order chi connectivity index (χ1) is 10.2. The Kier molecular flexibility index (Phi) is 5.51. The molecular weight excluding hydrogens is 262 g/mol. The summed E-state index contributed by atoms with van der Waals surface area (Å²) in [6.45, 7) is 7.89. The van der Waals surface area contributed by atoms with Crippen molar-refractivity contribution in [2.45, 2.75) is 58.6 Å². The van der Waals surface area contributed by atoms with Gasteiger partial charge in [-0.3, -0.25) is 0 Å². The van der Waals surface area contributed by atoms with Crippen LogP contribution in [0.2, 0.25) is 0 Å². The molecule has 3 heteroatoms. The van der Waals surface area contributed by atoms with E-state index in [4.69, 9.17) is 9.47 Å². The number of nitrogens with one attached hydrogen (secondary N) is 1. The molecule has 1 saturated carbocycles. The maximum Gasteiger partial charge on any atom is 0.120 e. The third kappa shape index (κ3) is 3.18. The molecule has 3 nitrogen and oxygen atoms in total. The summed E-state index contributed by atoms with van der Waals surface area (Å²) < 4.78 is 11.5. The molecule has 2 atom stereocenters. The quantitative estimate of drug-likeness (QED) is 0.784. The molecule has 21 heavy (non-hydrogen) atoms. The summed E-state index contributed by atoms with van der Waals surface area (Å²) in [5.41, 5.74) is 0.273. The van der Waals surface area contributed by atoms with Gasteiger partial charge in [0.05, 0.1) is 7.11 Å². The lowest BCUT2D eigenvalue weighted by atomic mass is 9.58. The highest BCUT2D eigenvalue weighted by Gasteiger charge is 2.53. The first-order valence-electron chi connectivity index (χ1n) is 8.24. The molecule has 0 amide bonds. The summed E-state index contributed by atoms with van der Waals surface area (Å²) in [7, 11) is 1.69. The minimum absolute atomic E-state index is 0.273. The lowest BCUT2D eigenvalue weighted by molar-refractivity contribution is -0.0858. The Morgan fingerprint density at radius 1 is 1.10 bits per heavy atom. The molecule has 1 fully saturated rings. The zero-order valence-electron chi connectivity index (χ0n) is 13.8. The Morgan fingerprint density at radius 3 is 2.24 bits per heavy atom. The number of methoxy groups -OCH3 is 1. The number of rotatable bonds is 8. The second kappa shape index (κ2) is 7.17. The van der Waals surface area contributed by atoms with Crippen LogP contribution in [0, 0.1) is 5.41 Å². The van der Waals surface area contributed by atoms with E-state index in [-0.39, 0.29) is 5.41 Å². The maximum absolute atomic E-state index is 6.26. The van der Waals surface area contributed by atoms with Gasteiger partial charge in [0.15, 0.2) is 0 Å². The van der Waals surface area contributed by atoms with Crippen molar-refractivity contribution in [3.05, 3.63) is 24.3 Å². The number of hydrogen-bond donors (Lipinski definition) is 1. The largest absolute Gasteiger partial charge is 0.497 e. The number of hydrogen-bond acceptors (Lipinski definition) is 3. The van der Waals surface area contributed by atoms with Crippen LogP contribution < -0.4 is 14.8 Å². The summed E-state index contributed by atoms with van der Waals surface area (Å²) in [5.74, 6) is 1.82. The van der Waals surface area contributed by atoms with E-state index in [1.165, 1.54) is 6.42 Å². The lowest BCUT2D eigenvalue weighted by Crippen LogP contribution is -2.64. The summed E-state index contributed by atoms with van der Waals surface area (Å²) in [5, 5.41) is 3.70. The molecule has 0 aromatic heterocycles. The molecule has 1 aliphatic rings. The van der Waals surface area contributed by atoms with Gasteiger partial charge >= 0.3 is 0 Å². The van der Waals surface area contributed by atoms with Crippen LogP contribution in [-0.2, 0) is 0 Å². The molecule has 0 spiro atoms. The van der Waals surface area contributed by atoms with Crippen molar-refractivity contribution in [3.63, 3.8) is 0 Å². The summed E-state index contributed by atoms with van der Waals surface area (Å²) in [4.78, 5) is 0. The van der Waals surface area contributed by atoms with Crippen molar-refractivity contribution in [3.8, 4) is 11.5 Å². The Balaban J connectivity index is 2.02. The summed E-state index contributed by atoms with van der Waals surface area (Å²) in [6, 6.07) is 8.51. The number of benzene rings is 1. The van der Waals surface area contributed by atoms with Gasteiger partial charge in [0.25, 0.3) is 0 Å². The topological polar surface area (TPSA) is 30.5 Å². The van der Waals surface area contributed by atoms with Gasteiger partial charge in [-0.2, -0.15) is 0 Å². The fraction of sp³-hybridized carbons (Fsp3) is 0.667. The molecule has 1 aromatic rings. The highest BCUT2D eigenvalue weighted by atomic mass is 16.5. The normalized spacial score (nSPS) is 23.4. The van der Waals surface area contributed by atoms with Gasteiger partial charge in [0, 0.05) is 17.9 Å². The van der Waals surface area contributed by atoms with Crippen LogP contribution in [0.5, 0.6) is 11.5 Å². The first kappa shape index (κ1) is 16.2. The zero-order valence-corrected chi connectivity index (χ0v) is 13.8. The Morgan fingerprint density at radius 2 is 1.71 bits per heavy atom. The van der Waals surface area contributed by atoms with E-state index in [1.807, 2.05) is 24.3 Å². The molecule has 0 heterocycles. The second-order valence-electron chi connectivity index (χ2n) is 5.96. The van der Waals surface area contributed by atoms with Crippen LogP contribution in [0.1, 0.15) is 46.5 Å². The highest BCUT2D eigenvalue weighted by Crippen LogP contribution is 2.49. The van der Waals surface area contributed by atoms with Crippen LogP contribution >= 0.6 is 0 Å². The smallest absolute Gasteiger partial charge is 0.120 e. The van der Waals surface area contributed by atoms with Crippen LogP contribution in [-0.4, -0.2) is 25.8 Å². The van der Waals surface area contributed by atoms with E-state index < -0.39 is 0 Å². The highest BCUT2D eigenvalue weighted by molar-refractivity contribution is 5.31. The molecule has 0 saturated heterocycles. The van der Waals surface area contributed by atoms with Gasteiger partial charge in [0.2, 0.25) is 0 Å². The van der Waals surface area contributed by atoms with Gasteiger partial charge in [-0.05, 0) is 50.1 Å². The molecule has 118 valence electrons. The van der Waals surface area contributed by atoms with Crippen molar-refractivity contribution >= 4 is 0 Å². The Hall–Kier alpha value is -1.22. The Bertz CT molecular complexity index is 425. The van der Waals surface area contributed by atoms with Gasteiger partial charge < -0.3 is 14.8 Å². The average Bonchev–Trinajstić information content (AvgIpc) is 2.52. The molecule has 1 aliphatic carbocycles. The second-order valence-corrected chi connectivity index (χ2v) is 5.96. The predicted molar refractivity (Wildman–Crippen MR) is 87.1 cm³/mol. The number of ether oxygens (including phenoxy) is 2. The molecule has 0 bridgehead atoms. The van der Waals surface area contributed by atoms with E-state index in [2.05, 4.69) is 26.1 Å². The molecule has 1 N–H and O–H groups in total. The molecule has 2 rings (SSSR count). The van der Waals surface area contributed by atoms with E-state index >= 15 is 0 Å². The van der Waals surface area contributed by atoms with Gasteiger partial charge in [-0.1, -0.05) is 20.8 Å². The van der Waals surface area contributed by atoms with Gasteiger partial charge in [0.1, 0.15) is 17.6 Å². The molecular formula is C18H29NO2. The minimum Gasteiger partial charge on any atom is -0.497 e. The molecule has 2 unspecified atom stereocenters. The fourth-order valence-electron chi connectivity index (χ4n) is 3.53. The third-order valence-electron chi connectivity index (χ3n) is 5.08. The molecule has 1 aromatic carbocycles. The van der Waals surface area contributed by atoms with Crippen molar-refractivity contribution in [1.82, 2.24) is 5.32 Å². The average molecular weight is 291 g/mol. The summed E-state index contributed by atoms with van der Waals surface area (Å²) in [6.07, 6.45) is 4.92. The maximum atomic E-state index is 6.26. The van der Waals surface area contributed by atoms with E-state index in [0.29, 0.717) is 12.1 Å². The van der Waals surface area contributed by atoms with Crippen molar-refractivity contribution < 1.29 is 9.47 Å². The van der Waals surface area contributed by atoms with Crippen LogP contribution in [0.4, 0.5) is 0 Å². The van der Waals surface area contributed by atoms with Crippen molar-refractivity contribution in [1.29, 1.82) is 0 Å². The lowest BCUT2D eigenvalue weighted by Gasteiger charge is -2.55. The van der Waals surface area contributed by atoms with Gasteiger partial charge in [-0.25, -0.2) is 0 Å². The van der Waals surface area contributed by atoms with Crippen molar-refractivity contribution in [2.24, 2.45) is 5.41 Å². The first-order valence-corrected chi connectivity index (χ1v) is 8.24. The van der Waals surface area contributed by atoms with E-state index in [9.17, 15) is 0 Å². The predicted octanol–water partition coefficient (Wildman–Crippen LogP) is 4.02.